The Labute approximate surface area is 126 Å². The molecule has 0 saturated heterocycles. The molecule has 0 aliphatic heterocycles. The van der Waals surface area contributed by atoms with Crippen LogP contribution in [-0.2, 0) is 19.5 Å². The van der Waals surface area contributed by atoms with Gasteiger partial charge in [-0.1, -0.05) is 19.1 Å². The van der Waals surface area contributed by atoms with Gasteiger partial charge in [-0.3, -0.25) is 4.68 Å². The predicted octanol–water partition coefficient (Wildman–Crippen LogP) is 3.11. The van der Waals surface area contributed by atoms with Crippen molar-refractivity contribution in [1.82, 2.24) is 15.1 Å². The fourth-order valence-corrected chi connectivity index (χ4v) is 2.35. The van der Waals surface area contributed by atoms with Crippen molar-refractivity contribution in [1.29, 1.82) is 0 Å². The van der Waals surface area contributed by atoms with Crippen molar-refractivity contribution in [3.05, 3.63) is 47.8 Å². The molecule has 0 amide bonds. The van der Waals surface area contributed by atoms with Crippen molar-refractivity contribution in [2.45, 2.75) is 52.2 Å². The van der Waals surface area contributed by atoms with Crippen molar-refractivity contribution in [3.8, 4) is 5.75 Å². The number of aromatic nitrogens is 2. The molecule has 4 nitrogen and oxygen atoms in total. The molecular weight excluding hydrogens is 262 g/mol. The second-order valence-electron chi connectivity index (χ2n) is 5.53. The number of rotatable bonds is 8. The zero-order chi connectivity index (χ0) is 15.1. The first-order valence-electron chi connectivity index (χ1n) is 7.71. The lowest BCUT2D eigenvalue weighted by Gasteiger charge is -2.14. The average Bonchev–Trinajstić information content (AvgIpc) is 2.92. The SMILES string of the molecule is CCCn1nccc1CNC(C)CCc1ccc(O)cc1. The van der Waals surface area contributed by atoms with E-state index >= 15 is 0 Å². The van der Waals surface area contributed by atoms with Gasteiger partial charge in [-0.05, 0) is 49.9 Å². The van der Waals surface area contributed by atoms with Crippen LogP contribution in [0.5, 0.6) is 5.75 Å². The standard InChI is InChI=1S/C17H25N3O/c1-3-12-20-16(10-11-19-20)13-18-14(2)4-5-15-6-8-17(21)9-7-15/h6-11,14,18,21H,3-5,12-13H2,1-2H3. The highest BCUT2D eigenvalue weighted by atomic mass is 16.3. The van der Waals surface area contributed by atoms with E-state index in [-0.39, 0.29) is 0 Å². The normalized spacial score (nSPS) is 12.5. The number of aromatic hydroxyl groups is 1. The van der Waals surface area contributed by atoms with Crippen LogP contribution in [0.15, 0.2) is 36.5 Å². The van der Waals surface area contributed by atoms with Gasteiger partial charge in [-0.25, -0.2) is 0 Å². The molecule has 2 aromatic rings. The van der Waals surface area contributed by atoms with Crippen molar-refractivity contribution >= 4 is 0 Å². The van der Waals surface area contributed by atoms with E-state index in [4.69, 9.17) is 0 Å². The molecule has 0 saturated carbocycles. The Morgan fingerprint density at radius 2 is 2.00 bits per heavy atom. The van der Waals surface area contributed by atoms with Crippen LogP contribution in [0.2, 0.25) is 0 Å². The van der Waals surface area contributed by atoms with Crippen LogP contribution >= 0.6 is 0 Å². The third kappa shape index (κ3) is 4.90. The Bertz CT molecular complexity index is 533. The number of nitrogens with one attached hydrogen (secondary N) is 1. The molecule has 1 atom stereocenters. The number of benzene rings is 1. The van der Waals surface area contributed by atoms with Crippen LogP contribution in [0.1, 0.15) is 37.9 Å². The lowest BCUT2D eigenvalue weighted by atomic mass is 10.1. The monoisotopic (exact) mass is 287 g/mol. The van der Waals surface area contributed by atoms with Crippen LogP contribution < -0.4 is 5.32 Å². The van der Waals surface area contributed by atoms with Gasteiger partial charge in [-0.15, -0.1) is 0 Å². The summed E-state index contributed by atoms with van der Waals surface area (Å²) in [6, 6.07) is 9.99. The first kappa shape index (κ1) is 15.6. The van der Waals surface area contributed by atoms with Gasteiger partial charge in [0.25, 0.3) is 0 Å². The summed E-state index contributed by atoms with van der Waals surface area (Å²) in [7, 11) is 0. The zero-order valence-corrected chi connectivity index (χ0v) is 12.9. The molecule has 0 aliphatic carbocycles. The third-order valence-electron chi connectivity index (χ3n) is 3.67. The van der Waals surface area contributed by atoms with Gasteiger partial charge in [-0.2, -0.15) is 5.10 Å². The van der Waals surface area contributed by atoms with Crippen LogP contribution in [0.4, 0.5) is 0 Å². The van der Waals surface area contributed by atoms with Gasteiger partial charge in [0, 0.05) is 25.3 Å². The van der Waals surface area contributed by atoms with E-state index < -0.39 is 0 Å². The smallest absolute Gasteiger partial charge is 0.115 e. The van der Waals surface area contributed by atoms with Gasteiger partial charge >= 0.3 is 0 Å². The van der Waals surface area contributed by atoms with E-state index in [2.05, 4.69) is 35.0 Å². The fraction of sp³-hybridized carbons (Fsp3) is 0.471. The minimum atomic E-state index is 0.328. The number of nitrogens with zero attached hydrogens (tertiary/aromatic N) is 2. The van der Waals surface area contributed by atoms with E-state index in [1.165, 1.54) is 11.3 Å². The third-order valence-corrected chi connectivity index (χ3v) is 3.67. The Balaban J connectivity index is 1.75. The number of phenols is 1. The van der Waals surface area contributed by atoms with Gasteiger partial charge in [0.2, 0.25) is 0 Å². The van der Waals surface area contributed by atoms with Crippen LogP contribution in [-0.4, -0.2) is 20.9 Å². The van der Waals surface area contributed by atoms with E-state index in [1.54, 1.807) is 12.1 Å². The Morgan fingerprint density at radius 1 is 1.24 bits per heavy atom. The second kappa shape index (κ2) is 7.84. The first-order chi connectivity index (χ1) is 10.2. The predicted molar refractivity (Wildman–Crippen MR) is 85.2 cm³/mol. The molecule has 4 heteroatoms. The molecule has 0 fully saturated rings. The van der Waals surface area contributed by atoms with E-state index in [1.807, 2.05) is 18.3 Å². The summed E-state index contributed by atoms with van der Waals surface area (Å²) in [4.78, 5) is 0. The summed E-state index contributed by atoms with van der Waals surface area (Å²) >= 11 is 0. The molecule has 2 rings (SSSR count). The molecule has 21 heavy (non-hydrogen) atoms. The minimum Gasteiger partial charge on any atom is -0.508 e. The summed E-state index contributed by atoms with van der Waals surface area (Å²) in [6.07, 6.45) is 5.06. The molecule has 1 unspecified atom stereocenters. The van der Waals surface area contributed by atoms with Crippen molar-refractivity contribution in [3.63, 3.8) is 0 Å². The molecule has 1 heterocycles. The average molecular weight is 287 g/mol. The summed E-state index contributed by atoms with van der Waals surface area (Å²) in [5.74, 6) is 0.328. The van der Waals surface area contributed by atoms with Crippen molar-refractivity contribution < 1.29 is 5.11 Å². The van der Waals surface area contributed by atoms with Gasteiger partial charge < -0.3 is 10.4 Å². The molecule has 0 radical (unpaired) electrons. The summed E-state index contributed by atoms with van der Waals surface area (Å²) in [5, 5.41) is 17.2. The molecule has 0 bridgehead atoms. The van der Waals surface area contributed by atoms with Crippen LogP contribution in [0, 0.1) is 0 Å². The Kier molecular flexibility index (Phi) is 5.81. The molecular formula is C17H25N3O. The number of phenolic OH excluding ortho intramolecular Hbond substituents is 1. The number of hydrogen-bond donors (Lipinski definition) is 2. The molecule has 2 N–H and O–H groups in total. The van der Waals surface area contributed by atoms with Gasteiger partial charge in [0.15, 0.2) is 0 Å². The summed E-state index contributed by atoms with van der Waals surface area (Å²) in [5.41, 5.74) is 2.51. The highest BCUT2D eigenvalue weighted by Gasteiger charge is 2.05. The Morgan fingerprint density at radius 3 is 2.71 bits per heavy atom. The van der Waals surface area contributed by atoms with E-state index in [0.717, 1.165) is 32.4 Å². The first-order valence-corrected chi connectivity index (χ1v) is 7.71. The maximum Gasteiger partial charge on any atom is 0.115 e. The van der Waals surface area contributed by atoms with Crippen LogP contribution in [0.3, 0.4) is 0 Å². The molecule has 1 aromatic heterocycles. The van der Waals surface area contributed by atoms with Gasteiger partial charge in [0.05, 0.1) is 5.69 Å². The minimum absolute atomic E-state index is 0.328. The van der Waals surface area contributed by atoms with Crippen LogP contribution in [0.25, 0.3) is 0 Å². The second-order valence-corrected chi connectivity index (χ2v) is 5.53. The van der Waals surface area contributed by atoms with E-state index in [0.29, 0.717) is 11.8 Å². The maximum atomic E-state index is 9.27. The highest BCUT2D eigenvalue weighted by molar-refractivity contribution is 5.25. The quantitative estimate of drug-likeness (QED) is 0.784. The summed E-state index contributed by atoms with van der Waals surface area (Å²) in [6.45, 7) is 6.21. The lowest BCUT2D eigenvalue weighted by Crippen LogP contribution is -2.27. The Hall–Kier alpha value is -1.81. The zero-order valence-electron chi connectivity index (χ0n) is 12.9. The molecule has 1 aromatic carbocycles. The largest absolute Gasteiger partial charge is 0.508 e. The molecule has 0 aliphatic rings. The van der Waals surface area contributed by atoms with Crippen molar-refractivity contribution in [2.75, 3.05) is 0 Å². The lowest BCUT2D eigenvalue weighted by molar-refractivity contribution is 0.474. The number of aryl methyl sites for hydroxylation is 2. The van der Waals surface area contributed by atoms with E-state index in [9.17, 15) is 5.11 Å². The van der Waals surface area contributed by atoms with Crippen molar-refractivity contribution in [2.24, 2.45) is 0 Å². The summed E-state index contributed by atoms with van der Waals surface area (Å²) < 4.78 is 2.07. The van der Waals surface area contributed by atoms with Gasteiger partial charge in [0.1, 0.15) is 5.75 Å². The highest BCUT2D eigenvalue weighted by Crippen LogP contribution is 2.12. The molecule has 114 valence electrons. The molecule has 0 spiro atoms. The maximum absolute atomic E-state index is 9.27. The number of hydrogen-bond acceptors (Lipinski definition) is 3. The fourth-order valence-electron chi connectivity index (χ4n) is 2.35. The topological polar surface area (TPSA) is 50.1 Å².